The summed E-state index contributed by atoms with van der Waals surface area (Å²) in [7, 11) is 0. The van der Waals surface area contributed by atoms with Gasteiger partial charge < -0.3 is 15.4 Å². The number of hydrogen-bond donors (Lipinski definition) is 1. The molecule has 1 heterocycles. The Morgan fingerprint density at radius 2 is 1.83 bits per heavy atom. The number of anilines is 2. The summed E-state index contributed by atoms with van der Waals surface area (Å²) in [5.74, 6) is -0.353. The lowest BCUT2D eigenvalue weighted by Crippen LogP contribution is -2.59. The van der Waals surface area contributed by atoms with Crippen LogP contribution in [0.3, 0.4) is 0 Å². The minimum atomic E-state index is -0.535. The molecule has 0 radical (unpaired) electrons. The Kier molecular flexibility index (Phi) is 5.32. The quantitative estimate of drug-likeness (QED) is 0.722. The van der Waals surface area contributed by atoms with E-state index in [4.69, 9.17) is 10.5 Å². The van der Waals surface area contributed by atoms with E-state index < -0.39 is 5.60 Å². The Morgan fingerprint density at radius 1 is 1.29 bits per heavy atom. The molecule has 1 saturated heterocycles. The monoisotopic (exact) mass is 401 g/mol. The molecule has 5 nitrogen and oxygen atoms in total. The summed E-state index contributed by atoms with van der Waals surface area (Å²) < 4.78 is 19.7. The second-order valence-corrected chi connectivity index (χ2v) is 8.17. The number of hydrogen-bond acceptors (Lipinski definition) is 4. The Bertz CT molecular complexity index is 621. The fourth-order valence-electron chi connectivity index (χ4n) is 3.02. The molecule has 134 valence electrons. The number of nitrogens with two attached hydrogens (primary N) is 1. The smallest absolute Gasteiger partial charge is 0.410 e. The first-order valence-electron chi connectivity index (χ1n) is 8.00. The standard InChI is InChI=1S/C17H25BrFN3O2/c1-10-8-21(15-7-13(19)12(18)6-14(15)20)9-11(2)22(10)16(23)24-17(3,4)5/h6-7,10-11H,8-9,20H2,1-5H3/t10-,11-/m1/s1. The van der Waals surface area contributed by atoms with Gasteiger partial charge in [0.05, 0.1) is 27.9 Å². The third kappa shape index (κ3) is 4.12. The number of benzene rings is 1. The van der Waals surface area contributed by atoms with E-state index in [-0.39, 0.29) is 24.0 Å². The van der Waals surface area contributed by atoms with Gasteiger partial charge in [-0.2, -0.15) is 0 Å². The van der Waals surface area contributed by atoms with Crippen LogP contribution in [-0.4, -0.2) is 41.8 Å². The summed E-state index contributed by atoms with van der Waals surface area (Å²) in [6, 6.07) is 2.85. The Morgan fingerprint density at radius 3 is 2.33 bits per heavy atom. The molecule has 1 aliphatic rings. The molecule has 0 unspecified atom stereocenters. The molecule has 1 aliphatic heterocycles. The molecular formula is C17H25BrFN3O2. The predicted octanol–water partition coefficient (Wildman–Crippen LogP) is 4.00. The zero-order chi connectivity index (χ0) is 18.2. The summed E-state index contributed by atoms with van der Waals surface area (Å²) >= 11 is 3.14. The van der Waals surface area contributed by atoms with Gasteiger partial charge in [-0.1, -0.05) is 0 Å². The molecule has 1 aromatic carbocycles. The fraction of sp³-hybridized carbons (Fsp3) is 0.588. The van der Waals surface area contributed by atoms with Crippen molar-refractivity contribution in [2.45, 2.75) is 52.3 Å². The lowest BCUT2D eigenvalue weighted by Gasteiger charge is -2.45. The average molecular weight is 402 g/mol. The molecule has 0 aliphatic carbocycles. The van der Waals surface area contributed by atoms with Crippen LogP contribution < -0.4 is 10.6 Å². The Balaban J connectivity index is 2.19. The topological polar surface area (TPSA) is 58.8 Å². The molecule has 1 fully saturated rings. The fourth-order valence-corrected chi connectivity index (χ4v) is 3.38. The molecular weight excluding hydrogens is 377 g/mol. The number of amides is 1. The summed E-state index contributed by atoms with van der Waals surface area (Å²) in [6.45, 7) is 10.6. The molecule has 7 heteroatoms. The van der Waals surface area contributed by atoms with E-state index in [2.05, 4.69) is 15.9 Å². The van der Waals surface area contributed by atoms with Crippen LogP contribution in [0.25, 0.3) is 0 Å². The lowest BCUT2D eigenvalue weighted by molar-refractivity contribution is 0.00567. The lowest BCUT2D eigenvalue weighted by atomic mass is 10.1. The SMILES string of the molecule is C[C@@H]1CN(c2cc(F)c(Br)cc2N)C[C@@H](C)N1C(=O)OC(C)(C)C. The summed E-state index contributed by atoms with van der Waals surface area (Å²) in [5, 5.41) is 0. The largest absolute Gasteiger partial charge is 0.444 e. The first kappa shape index (κ1) is 18.8. The van der Waals surface area contributed by atoms with Crippen LogP contribution in [0.5, 0.6) is 0 Å². The minimum Gasteiger partial charge on any atom is -0.444 e. The average Bonchev–Trinajstić information content (AvgIpc) is 2.39. The highest BCUT2D eigenvalue weighted by atomic mass is 79.9. The first-order chi connectivity index (χ1) is 11.0. The van der Waals surface area contributed by atoms with E-state index >= 15 is 0 Å². The van der Waals surface area contributed by atoms with Crippen molar-refractivity contribution in [2.75, 3.05) is 23.7 Å². The number of ether oxygens (including phenoxy) is 1. The van der Waals surface area contributed by atoms with Crippen molar-refractivity contribution in [1.29, 1.82) is 0 Å². The molecule has 1 amide bonds. The highest BCUT2D eigenvalue weighted by molar-refractivity contribution is 9.10. The number of nitrogen functional groups attached to an aromatic ring is 1. The van der Waals surface area contributed by atoms with Gasteiger partial charge in [-0.05, 0) is 56.6 Å². The van der Waals surface area contributed by atoms with Gasteiger partial charge in [0.1, 0.15) is 11.4 Å². The Hall–Kier alpha value is -1.50. The number of carbonyl (C=O) groups excluding carboxylic acids is 1. The van der Waals surface area contributed by atoms with Gasteiger partial charge in [0.15, 0.2) is 0 Å². The van der Waals surface area contributed by atoms with Crippen LogP contribution in [0, 0.1) is 5.82 Å². The van der Waals surface area contributed by atoms with Gasteiger partial charge in [0.2, 0.25) is 0 Å². The third-order valence-electron chi connectivity index (χ3n) is 3.93. The van der Waals surface area contributed by atoms with Crippen molar-refractivity contribution < 1.29 is 13.9 Å². The molecule has 0 saturated carbocycles. The van der Waals surface area contributed by atoms with Crippen molar-refractivity contribution in [3.05, 3.63) is 22.4 Å². The highest BCUT2D eigenvalue weighted by Crippen LogP contribution is 2.32. The summed E-state index contributed by atoms with van der Waals surface area (Å²) in [4.78, 5) is 16.2. The van der Waals surface area contributed by atoms with E-state index in [1.54, 1.807) is 11.0 Å². The maximum Gasteiger partial charge on any atom is 0.410 e. The van der Waals surface area contributed by atoms with Crippen molar-refractivity contribution in [2.24, 2.45) is 0 Å². The summed E-state index contributed by atoms with van der Waals surface area (Å²) in [6.07, 6.45) is -0.322. The van der Waals surface area contributed by atoms with Crippen molar-refractivity contribution in [3.8, 4) is 0 Å². The number of piperazine rings is 1. The molecule has 0 spiro atoms. The summed E-state index contributed by atoms with van der Waals surface area (Å²) in [5.41, 5.74) is 6.67. The van der Waals surface area contributed by atoms with Crippen molar-refractivity contribution >= 4 is 33.4 Å². The third-order valence-corrected chi connectivity index (χ3v) is 4.54. The van der Waals surface area contributed by atoms with Crippen LogP contribution in [0.2, 0.25) is 0 Å². The minimum absolute atomic E-state index is 0.0743. The normalized spacial score (nSPS) is 21.8. The second-order valence-electron chi connectivity index (χ2n) is 7.32. The van der Waals surface area contributed by atoms with Gasteiger partial charge >= 0.3 is 6.09 Å². The van der Waals surface area contributed by atoms with Gasteiger partial charge in [-0.15, -0.1) is 0 Å². The van der Waals surface area contributed by atoms with Crippen LogP contribution >= 0.6 is 15.9 Å². The van der Waals surface area contributed by atoms with Crippen molar-refractivity contribution in [1.82, 2.24) is 4.90 Å². The molecule has 2 N–H and O–H groups in total. The maximum absolute atomic E-state index is 13.9. The maximum atomic E-state index is 13.9. The molecule has 1 aromatic rings. The van der Waals surface area contributed by atoms with E-state index in [1.165, 1.54) is 6.07 Å². The van der Waals surface area contributed by atoms with Crippen LogP contribution in [0.1, 0.15) is 34.6 Å². The zero-order valence-corrected chi connectivity index (χ0v) is 16.4. The van der Waals surface area contributed by atoms with Gasteiger partial charge in [0.25, 0.3) is 0 Å². The number of nitrogens with zero attached hydrogens (tertiary/aromatic N) is 2. The van der Waals surface area contributed by atoms with E-state index in [9.17, 15) is 9.18 Å². The molecule has 2 rings (SSSR count). The molecule has 0 bridgehead atoms. The first-order valence-corrected chi connectivity index (χ1v) is 8.79. The van der Waals surface area contributed by atoms with Crippen LogP contribution in [0.4, 0.5) is 20.6 Å². The number of carbonyl (C=O) groups is 1. The Labute approximate surface area is 151 Å². The van der Waals surface area contributed by atoms with Crippen LogP contribution in [0.15, 0.2) is 16.6 Å². The van der Waals surface area contributed by atoms with E-state index in [0.717, 1.165) is 0 Å². The molecule has 24 heavy (non-hydrogen) atoms. The van der Waals surface area contributed by atoms with E-state index in [1.807, 2.05) is 39.5 Å². The molecule has 0 aromatic heterocycles. The van der Waals surface area contributed by atoms with Crippen molar-refractivity contribution in [3.63, 3.8) is 0 Å². The number of rotatable bonds is 1. The zero-order valence-electron chi connectivity index (χ0n) is 14.8. The highest BCUT2D eigenvalue weighted by Gasteiger charge is 2.36. The van der Waals surface area contributed by atoms with Gasteiger partial charge in [0, 0.05) is 19.2 Å². The van der Waals surface area contributed by atoms with Gasteiger partial charge in [-0.3, -0.25) is 4.90 Å². The predicted molar refractivity (Wildman–Crippen MR) is 97.7 cm³/mol. The van der Waals surface area contributed by atoms with Crippen LogP contribution in [-0.2, 0) is 4.74 Å². The second kappa shape index (κ2) is 6.78. The van der Waals surface area contributed by atoms with Gasteiger partial charge in [-0.25, -0.2) is 9.18 Å². The number of halogens is 2. The van der Waals surface area contributed by atoms with E-state index in [0.29, 0.717) is 28.9 Å². The molecule has 2 atom stereocenters.